The van der Waals surface area contributed by atoms with Crippen molar-refractivity contribution in [3.63, 3.8) is 0 Å². The van der Waals surface area contributed by atoms with Crippen molar-refractivity contribution < 1.29 is 27.0 Å². The lowest BCUT2D eigenvalue weighted by molar-refractivity contribution is 0.0199. The first-order valence-corrected chi connectivity index (χ1v) is 6.57. The Kier molecular flexibility index (Phi) is 8.63. The average Bonchev–Trinajstić information content (AvgIpc) is 2.16. The largest absolute Gasteiger partial charge is 0.396 e. The zero-order valence-corrected chi connectivity index (χ0v) is 9.68. The molecule has 0 unspecified atom stereocenters. The summed E-state index contributed by atoms with van der Waals surface area (Å²) in [4.78, 5) is 0. The third-order valence-electron chi connectivity index (χ3n) is 1.63. The van der Waals surface area contributed by atoms with E-state index in [9.17, 15) is 17.2 Å². The second-order valence-corrected chi connectivity index (χ2v) is 5.04. The summed E-state index contributed by atoms with van der Waals surface area (Å²) in [7, 11) is -3.38. The number of sulfonamides is 1. The zero-order chi connectivity index (χ0) is 12.4. The number of unbranched alkanes of at least 4 members (excludes halogenated alkanes) is 1. The van der Waals surface area contributed by atoms with Crippen molar-refractivity contribution in [3.8, 4) is 0 Å². The van der Waals surface area contributed by atoms with E-state index in [1.54, 1.807) is 0 Å². The Morgan fingerprint density at radius 3 is 2.56 bits per heavy atom. The number of hydrogen-bond donors (Lipinski definition) is 2. The molecule has 0 aromatic rings. The molecule has 0 amide bonds. The van der Waals surface area contributed by atoms with Crippen LogP contribution in [0.25, 0.3) is 0 Å². The van der Waals surface area contributed by atoms with Crippen LogP contribution in [0.15, 0.2) is 0 Å². The number of hydrogen-bond acceptors (Lipinski definition) is 4. The van der Waals surface area contributed by atoms with Crippen molar-refractivity contribution >= 4 is 10.0 Å². The van der Waals surface area contributed by atoms with E-state index in [-0.39, 0.29) is 25.5 Å². The Morgan fingerprint density at radius 1 is 1.31 bits per heavy atom. The summed E-state index contributed by atoms with van der Waals surface area (Å²) in [6, 6.07) is 0. The van der Waals surface area contributed by atoms with Crippen LogP contribution in [0, 0.1) is 0 Å². The molecule has 0 radical (unpaired) electrons. The van der Waals surface area contributed by atoms with E-state index in [2.05, 4.69) is 9.46 Å². The van der Waals surface area contributed by atoms with Crippen molar-refractivity contribution in [1.82, 2.24) is 4.72 Å². The number of rotatable bonds is 10. The first-order valence-electron chi connectivity index (χ1n) is 4.92. The van der Waals surface area contributed by atoms with Gasteiger partial charge >= 0.3 is 0 Å². The molecule has 0 aliphatic heterocycles. The number of alkyl halides is 2. The van der Waals surface area contributed by atoms with E-state index in [1.165, 1.54) is 0 Å². The maximum atomic E-state index is 11.6. The van der Waals surface area contributed by atoms with E-state index in [0.29, 0.717) is 12.8 Å². The smallest absolute Gasteiger partial charge is 0.261 e. The summed E-state index contributed by atoms with van der Waals surface area (Å²) < 4.78 is 52.4. The van der Waals surface area contributed by atoms with Gasteiger partial charge in [-0.15, -0.1) is 0 Å². The predicted octanol–water partition coefficient (Wildman–Crippen LogP) is -0.0400. The minimum atomic E-state index is -3.38. The van der Waals surface area contributed by atoms with Gasteiger partial charge in [0.2, 0.25) is 10.0 Å². The highest BCUT2D eigenvalue weighted by Gasteiger charge is 2.09. The average molecular weight is 261 g/mol. The molecule has 0 aromatic heterocycles. The molecule has 2 N–H and O–H groups in total. The molecule has 8 heteroatoms. The van der Waals surface area contributed by atoms with Gasteiger partial charge in [0.25, 0.3) is 6.43 Å². The summed E-state index contributed by atoms with van der Waals surface area (Å²) >= 11 is 0. The first kappa shape index (κ1) is 15.7. The Hall–Kier alpha value is -0.310. The standard InChI is InChI=1S/C8H17F2NO4S/c9-8(10)7-15-5-3-11-16(13,14)6-2-1-4-12/h8,11-12H,1-7H2. The van der Waals surface area contributed by atoms with Gasteiger partial charge in [-0.2, -0.15) is 0 Å². The Morgan fingerprint density at radius 2 is 2.00 bits per heavy atom. The molecule has 0 heterocycles. The molecule has 0 spiro atoms. The molecule has 98 valence electrons. The molecule has 0 fully saturated rings. The quantitative estimate of drug-likeness (QED) is 0.541. The highest BCUT2D eigenvalue weighted by molar-refractivity contribution is 7.89. The summed E-state index contributed by atoms with van der Waals surface area (Å²) in [6.45, 7) is -0.836. The SMILES string of the molecule is O=S(=O)(CCCCO)NCCOCC(F)F. The van der Waals surface area contributed by atoms with Gasteiger partial charge in [-0.05, 0) is 12.8 Å². The second kappa shape index (κ2) is 8.80. The molecular formula is C8H17F2NO4S. The van der Waals surface area contributed by atoms with Crippen molar-refractivity contribution in [2.45, 2.75) is 19.3 Å². The van der Waals surface area contributed by atoms with Gasteiger partial charge in [-0.25, -0.2) is 21.9 Å². The fourth-order valence-electron chi connectivity index (χ4n) is 0.918. The molecule has 5 nitrogen and oxygen atoms in total. The second-order valence-electron chi connectivity index (χ2n) is 3.11. The van der Waals surface area contributed by atoms with Gasteiger partial charge in [-0.1, -0.05) is 0 Å². The molecule has 16 heavy (non-hydrogen) atoms. The first-order chi connectivity index (χ1) is 7.48. The molecule has 0 atom stereocenters. The van der Waals surface area contributed by atoms with Crippen LogP contribution in [0.4, 0.5) is 8.78 Å². The Labute approximate surface area is 93.8 Å². The molecule has 0 rings (SSSR count). The summed E-state index contributed by atoms with van der Waals surface area (Å²) in [5.74, 6) is -0.0809. The predicted molar refractivity (Wildman–Crippen MR) is 54.9 cm³/mol. The summed E-state index contributed by atoms with van der Waals surface area (Å²) in [6.07, 6.45) is -1.76. The van der Waals surface area contributed by atoms with Gasteiger partial charge in [0.05, 0.1) is 12.4 Å². The summed E-state index contributed by atoms with van der Waals surface area (Å²) in [5.41, 5.74) is 0. The van der Waals surface area contributed by atoms with Crippen LogP contribution in [-0.4, -0.2) is 52.1 Å². The third-order valence-corrected chi connectivity index (χ3v) is 3.10. The van der Waals surface area contributed by atoms with Gasteiger partial charge in [0, 0.05) is 13.2 Å². The lowest BCUT2D eigenvalue weighted by atomic mass is 10.4. The van der Waals surface area contributed by atoms with Gasteiger partial charge in [0.1, 0.15) is 6.61 Å². The maximum Gasteiger partial charge on any atom is 0.261 e. The van der Waals surface area contributed by atoms with Crippen LogP contribution in [-0.2, 0) is 14.8 Å². The van der Waals surface area contributed by atoms with Crippen LogP contribution in [0.3, 0.4) is 0 Å². The lowest BCUT2D eigenvalue weighted by Crippen LogP contribution is -2.30. The number of ether oxygens (including phenoxy) is 1. The Balaban J connectivity index is 3.51. The summed E-state index contributed by atoms with van der Waals surface area (Å²) in [5, 5.41) is 8.45. The number of nitrogens with one attached hydrogen (secondary N) is 1. The van der Waals surface area contributed by atoms with Gasteiger partial charge in [-0.3, -0.25) is 0 Å². The van der Waals surface area contributed by atoms with Crippen LogP contribution >= 0.6 is 0 Å². The van der Waals surface area contributed by atoms with Crippen molar-refractivity contribution in [2.75, 3.05) is 32.1 Å². The third kappa shape index (κ3) is 10.2. The highest BCUT2D eigenvalue weighted by atomic mass is 32.2. The Bertz CT molecular complexity index is 259. The number of aliphatic hydroxyl groups is 1. The minimum absolute atomic E-state index is 0.0197. The van der Waals surface area contributed by atoms with Crippen molar-refractivity contribution in [1.29, 1.82) is 0 Å². The van der Waals surface area contributed by atoms with E-state index >= 15 is 0 Å². The number of halogens is 2. The molecular weight excluding hydrogens is 244 g/mol. The molecule has 0 aliphatic carbocycles. The molecule has 0 saturated carbocycles. The molecule has 0 saturated heterocycles. The highest BCUT2D eigenvalue weighted by Crippen LogP contribution is 1.94. The maximum absolute atomic E-state index is 11.6. The van der Waals surface area contributed by atoms with E-state index in [4.69, 9.17) is 5.11 Å². The van der Waals surface area contributed by atoms with Crippen LogP contribution in [0.1, 0.15) is 12.8 Å². The minimum Gasteiger partial charge on any atom is -0.396 e. The number of aliphatic hydroxyl groups excluding tert-OH is 1. The van der Waals surface area contributed by atoms with E-state index in [1.807, 2.05) is 0 Å². The van der Waals surface area contributed by atoms with Crippen LogP contribution in [0.5, 0.6) is 0 Å². The fraction of sp³-hybridized carbons (Fsp3) is 1.00. The van der Waals surface area contributed by atoms with Gasteiger partial charge < -0.3 is 9.84 Å². The fourth-order valence-corrected chi connectivity index (χ4v) is 2.04. The molecule has 0 aliphatic rings. The van der Waals surface area contributed by atoms with Crippen molar-refractivity contribution in [2.24, 2.45) is 0 Å². The topological polar surface area (TPSA) is 75.6 Å². The molecule has 0 aromatic carbocycles. The van der Waals surface area contributed by atoms with Crippen LogP contribution in [0.2, 0.25) is 0 Å². The normalized spacial score (nSPS) is 12.2. The zero-order valence-electron chi connectivity index (χ0n) is 8.86. The lowest BCUT2D eigenvalue weighted by Gasteiger charge is -2.06. The monoisotopic (exact) mass is 261 g/mol. The van der Waals surface area contributed by atoms with E-state index < -0.39 is 23.1 Å². The molecule has 0 bridgehead atoms. The van der Waals surface area contributed by atoms with Crippen molar-refractivity contribution in [3.05, 3.63) is 0 Å². The van der Waals surface area contributed by atoms with Crippen LogP contribution < -0.4 is 4.72 Å². The van der Waals surface area contributed by atoms with E-state index in [0.717, 1.165) is 0 Å². The van der Waals surface area contributed by atoms with Gasteiger partial charge in [0.15, 0.2) is 0 Å².